The number of amides is 1. The zero-order valence-corrected chi connectivity index (χ0v) is 35.8. The summed E-state index contributed by atoms with van der Waals surface area (Å²) in [4.78, 5) is 34.5. The summed E-state index contributed by atoms with van der Waals surface area (Å²) in [6, 6.07) is 16.7. The Balaban J connectivity index is 1.03. The van der Waals surface area contributed by atoms with Crippen molar-refractivity contribution in [2.75, 3.05) is 51.3 Å². The summed E-state index contributed by atoms with van der Waals surface area (Å²) in [5, 5.41) is 16.1. The number of carbonyl (C=O) groups excluding carboxylic acids is 1. The molecule has 0 bridgehead atoms. The van der Waals surface area contributed by atoms with Gasteiger partial charge >= 0.3 is 0 Å². The van der Waals surface area contributed by atoms with Crippen molar-refractivity contribution in [3.63, 3.8) is 0 Å². The van der Waals surface area contributed by atoms with Gasteiger partial charge in [0, 0.05) is 54.4 Å². The summed E-state index contributed by atoms with van der Waals surface area (Å²) in [6.07, 6.45) is 8.33. The third-order valence-corrected chi connectivity index (χ3v) is 13.0. The van der Waals surface area contributed by atoms with E-state index in [1.807, 2.05) is 6.07 Å². The van der Waals surface area contributed by atoms with Crippen LogP contribution in [-0.4, -0.2) is 86.2 Å². The van der Waals surface area contributed by atoms with Crippen molar-refractivity contribution in [1.29, 1.82) is 0 Å². The monoisotopic (exact) mass is 884 g/mol. The van der Waals surface area contributed by atoms with Crippen LogP contribution in [0.25, 0.3) is 22.2 Å². The van der Waals surface area contributed by atoms with E-state index in [0.717, 1.165) is 54.0 Å². The molecule has 2 aromatic heterocycles. The normalized spacial score (nSPS) is 18.3. The molecule has 1 atom stereocenters. The number of nitrogens with zero attached hydrogens (tertiary/aromatic N) is 3. The molecule has 1 amide bonds. The Morgan fingerprint density at radius 1 is 1.11 bits per heavy atom. The standard InChI is InChI=1S/C45H46ClFN6O8S/c1-45(2)13-9-31(38(23-45)36-7-4-32(46)21-39(36)47)26-52-15-11-28(12-16-52)29-3-6-37(42(20-29)61-33-19-30-10-14-48-43(30)50-24-33)44(54)51-62(57,58)35-5-8-40(41(22-35)53(55)56)49-25-34-27-59-17-18-60-34/h3-8,10-11,14,19-22,24,34,49H,9,12-13,15-18,23,25-27H2,1-2H3,(H,48,50)(H,51,54)/t34-/m0/s1. The molecule has 0 unspecified atom stereocenters. The van der Waals surface area contributed by atoms with Gasteiger partial charge < -0.3 is 24.5 Å². The Hall–Kier alpha value is -5.65. The summed E-state index contributed by atoms with van der Waals surface area (Å²) < 4.78 is 61.8. The Labute approximate surface area is 363 Å². The number of pyridine rings is 1. The van der Waals surface area contributed by atoms with Gasteiger partial charge in [-0.2, -0.15) is 0 Å². The van der Waals surface area contributed by atoms with Crippen molar-refractivity contribution in [2.24, 2.45) is 5.41 Å². The van der Waals surface area contributed by atoms with E-state index in [-0.39, 0.29) is 40.9 Å². The molecular formula is C45H46ClFN6O8S. The minimum Gasteiger partial charge on any atom is -0.455 e. The number of nitrogens with one attached hydrogen (secondary N) is 3. The van der Waals surface area contributed by atoms with E-state index in [2.05, 4.69) is 44.8 Å². The van der Waals surface area contributed by atoms with Gasteiger partial charge in [-0.15, -0.1) is 0 Å². The molecule has 3 N–H and O–H groups in total. The first-order chi connectivity index (χ1) is 29.7. The zero-order chi connectivity index (χ0) is 43.6. The first kappa shape index (κ1) is 43.0. The predicted octanol–water partition coefficient (Wildman–Crippen LogP) is 8.75. The number of aromatic nitrogens is 2. The molecule has 1 saturated heterocycles. The number of aromatic amines is 1. The number of ether oxygens (including phenoxy) is 3. The van der Waals surface area contributed by atoms with Crippen LogP contribution < -0.4 is 14.8 Å². The number of hydrogen-bond donors (Lipinski definition) is 3. The highest BCUT2D eigenvalue weighted by molar-refractivity contribution is 7.90. The number of sulfonamides is 1. The van der Waals surface area contributed by atoms with E-state index in [0.29, 0.717) is 61.3 Å². The number of halogens is 2. The third kappa shape index (κ3) is 9.85. The van der Waals surface area contributed by atoms with Crippen LogP contribution in [0, 0.1) is 21.3 Å². The van der Waals surface area contributed by atoms with Gasteiger partial charge in [0.1, 0.15) is 28.7 Å². The minimum atomic E-state index is -4.60. The van der Waals surface area contributed by atoms with Crippen LogP contribution in [0.1, 0.15) is 61.0 Å². The average Bonchev–Trinajstić information content (AvgIpc) is 3.72. The van der Waals surface area contributed by atoms with Gasteiger partial charge in [-0.05, 0) is 96.3 Å². The lowest BCUT2D eigenvalue weighted by molar-refractivity contribution is -0.384. The fourth-order valence-electron chi connectivity index (χ4n) is 8.10. The summed E-state index contributed by atoms with van der Waals surface area (Å²) >= 11 is 6.10. The zero-order valence-electron chi connectivity index (χ0n) is 34.2. The van der Waals surface area contributed by atoms with E-state index in [4.69, 9.17) is 25.8 Å². The average molecular weight is 885 g/mol. The van der Waals surface area contributed by atoms with E-state index in [9.17, 15) is 23.3 Å². The number of carbonyl (C=O) groups is 1. The number of allylic oxidation sites excluding steroid dienone is 1. The highest BCUT2D eigenvalue weighted by atomic mass is 35.5. The molecule has 1 aliphatic carbocycles. The van der Waals surface area contributed by atoms with Gasteiger partial charge in [0.05, 0.1) is 47.5 Å². The van der Waals surface area contributed by atoms with Crippen molar-refractivity contribution >= 4 is 61.1 Å². The fraction of sp³-hybridized carbons (Fsp3) is 0.333. The smallest absolute Gasteiger partial charge is 0.293 e. The predicted molar refractivity (Wildman–Crippen MR) is 234 cm³/mol. The SMILES string of the molecule is CC1(C)CCC(CN2CC=C(c3ccc(C(=O)NS(=O)(=O)c4ccc(NC[C@H]5COCCO5)c([N+](=O)[O-])c4)c(Oc4cnc5[nH]ccc5c4)c3)CC2)=C(c2ccc(Cl)cc2F)C1. The molecule has 3 aliphatic rings. The van der Waals surface area contributed by atoms with Gasteiger partial charge in [-0.25, -0.2) is 22.5 Å². The number of nitro benzene ring substituents is 1. The molecule has 62 heavy (non-hydrogen) atoms. The second kappa shape index (κ2) is 18.0. The second-order valence-corrected chi connectivity index (χ2v) is 18.6. The maximum absolute atomic E-state index is 15.2. The molecule has 3 aromatic carbocycles. The summed E-state index contributed by atoms with van der Waals surface area (Å²) in [7, 11) is -4.60. The Morgan fingerprint density at radius 2 is 1.97 bits per heavy atom. The van der Waals surface area contributed by atoms with E-state index < -0.39 is 31.4 Å². The number of nitro groups is 1. The van der Waals surface area contributed by atoms with Crippen LogP contribution in [0.15, 0.2) is 95.7 Å². The maximum atomic E-state index is 15.2. The van der Waals surface area contributed by atoms with Crippen LogP contribution in [0.5, 0.6) is 11.5 Å². The van der Waals surface area contributed by atoms with Gasteiger partial charge in [0.15, 0.2) is 0 Å². The largest absolute Gasteiger partial charge is 0.455 e. The van der Waals surface area contributed by atoms with Crippen molar-refractivity contribution in [3.05, 3.63) is 128 Å². The number of benzene rings is 3. The van der Waals surface area contributed by atoms with Crippen LogP contribution in [0.4, 0.5) is 15.8 Å². The van der Waals surface area contributed by atoms with Gasteiger partial charge in [-0.1, -0.05) is 49.2 Å². The van der Waals surface area contributed by atoms with E-state index >= 15 is 4.39 Å². The molecule has 17 heteroatoms. The number of rotatable bonds is 13. The number of H-pyrrole nitrogens is 1. The van der Waals surface area contributed by atoms with Crippen molar-refractivity contribution in [1.82, 2.24) is 19.6 Å². The molecular weight excluding hydrogens is 839 g/mol. The van der Waals surface area contributed by atoms with Gasteiger partial charge in [-0.3, -0.25) is 19.8 Å². The highest BCUT2D eigenvalue weighted by Gasteiger charge is 2.31. The summed E-state index contributed by atoms with van der Waals surface area (Å²) in [5.41, 5.74) is 4.84. The Bertz CT molecular complexity index is 2710. The van der Waals surface area contributed by atoms with Crippen LogP contribution in [-0.2, 0) is 19.5 Å². The quantitative estimate of drug-likeness (QED) is 0.0761. The first-order valence-electron chi connectivity index (χ1n) is 20.3. The topological polar surface area (TPSA) is 178 Å². The Morgan fingerprint density at radius 3 is 2.73 bits per heavy atom. The van der Waals surface area contributed by atoms with Gasteiger partial charge in [0.25, 0.3) is 21.6 Å². The lowest BCUT2D eigenvalue weighted by atomic mass is 9.72. The molecule has 0 spiro atoms. The van der Waals surface area contributed by atoms with Crippen molar-refractivity contribution < 1.29 is 36.7 Å². The molecule has 1 fully saturated rings. The minimum absolute atomic E-state index is 0.0428. The third-order valence-electron chi connectivity index (χ3n) is 11.5. The fourth-order valence-corrected chi connectivity index (χ4v) is 9.25. The maximum Gasteiger partial charge on any atom is 0.293 e. The van der Waals surface area contributed by atoms with E-state index in [1.54, 1.807) is 36.5 Å². The van der Waals surface area contributed by atoms with Crippen molar-refractivity contribution in [3.8, 4) is 11.5 Å². The second-order valence-electron chi connectivity index (χ2n) is 16.5. The first-order valence-corrected chi connectivity index (χ1v) is 22.2. The van der Waals surface area contributed by atoms with Crippen molar-refractivity contribution in [2.45, 2.75) is 50.5 Å². The van der Waals surface area contributed by atoms with Crippen LogP contribution in [0.3, 0.4) is 0 Å². The molecule has 8 rings (SSSR count). The number of anilines is 1. The molecule has 14 nitrogen and oxygen atoms in total. The molecule has 0 saturated carbocycles. The number of hydrogen-bond acceptors (Lipinski definition) is 11. The molecule has 0 radical (unpaired) electrons. The summed E-state index contributed by atoms with van der Waals surface area (Å²) in [5.74, 6) is -0.916. The molecule has 4 heterocycles. The summed E-state index contributed by atoms with van der Waals surface area (Å²) in [6.45, 7) is 7.85. The lowest BCUT2D eigenvalue weighted by Crippen LogP contribution is -2.34. The molecule has 324 valence electrons. The molecule has 5 aromatic rings. The van der Waals surface area contributed by atoms with Gasteiger partial charge in [0.2, 0.25) is 0 Å². The molecule has 2 aliphatic heterocycles. The van der Waals surface area contributed by atoms with Crippen LogP contribution in [0.2, 0.25) is 5.02 Å². The van der Waals surface area contributed by atoms with Crippen LogP contribution >= 0.6 is 11.6 Å². The lowest BCUT2D eigenvalue weighted by Gasteiger charge is -2.36. The Kier molecular flexibility index (Phi) is 12.5. The van der Waals surface area contributed by atoms with E-state index in [1.165, 1.54) is 36.0 Å². The number of fused-ring (bicyclic) bond motifs is 1. The highest BCUT2D eigenvalue weighted by Crippen LogP contribution is 2.44.